The molecule has 0 fully saturated rings. The zero-order valence-electron chi connectivity index (χ0n) is 10.4. The van der Waals surface area contributed by atoms with Gasteiger partial charge in [0.25, 0.3) is 0 Å². The van der Waals surface area contributed by atoms with Crippen molar-refractivity contribution in [1.29, 1.82) is 5.41 Å². The third-order valence-electron chi connectivity index (χ3n) is 2.64. The van der Waals surface area contributed by atoms with Crippen molar-refractivity contribution in [3.8, 4) is 11.1 Å². The number of nitrogens with zero attached hydrogens (tertiary/aromatic N) is 3. The molecule has 1 aromatic heterocycles. The van der Waals surface area contributed by atoms with Crippen LogP contribution >= 0.6 is 0 Å². The number of nitrogens with two attached hydrogens (primary N) is 1. The number of aromatic nitrogens is 2. The first-order valence-electron chi connectivity index (χ1n) is 5.54. The second kappa shape index (κ2) is 4.83. The highest BCUT2D eigenvalue weighted by atomic mass is 15.2. The summed E-state index contributed by atoms with van der Waals surface area (Å²) in [4.78, 5) is 1.69. The highest BCUT2D eigenvalue weighted by Crippen LogP contribution is 2.27. The maximum atomic E-state index is 8.03. The molecular formula is C13H15N5. The highest BCUT2D eigenvalue weighted by molar-refractivity contribution is 6.01. The Hall–Kier alpha value is -2.43. The second-order valence-corrected chi connectivity index (χ2v) is 4.12. The molecule has 3 N–H and O–H groups in total. The quantitative estimate of drug-likeness (QED) is 0.475. The number of nitrogens with one attached hydrogen (secondary N) is 1. The number of amidine groups is 1. The molecule has 0 aliphatic rings. The number of rotatable bonds is 2. The minimum Gasteiger partial charge on any atom is -0.398 e. The smallest absolute Gasteiger partial charge is 0.149 e. The van der Waals surface area contributed by atoms with Crippen LogP contribution in [-0.2, 0) is 0 Å². The minimum absolute atomic E-state index is 0.307. The number of para-hydroxylation sites is 1. The zero-order chi connectivity index (χ0) is 13.1. The molecule has 0 saturated heterocycles. The summed E-state index contributed by atoms with van der Waals surface area (Å²) in [6.07, 6.45) is 1.61. The number of anilines is 1. The molecule has 0 radical (unpaired) electrons. The van der Waals surface area contributed by atoms with E-state index in [2.05, 4.69) is 10.2 Å². The number of hydrogen-bond acceptors (Lipinski definition) is 4. The first-order chi connectivity index (χ1) is 8.61. The predicted molar refractivity (Wildman–Crippen MR) is 72.4 cm³/mol. The molecular weight excluding hydrogens is 226 g/mol. The standard InChI is InChI=1S/C13H15N5/c1-18(2)13(15)12-10(7-8-16-17-12)9-5-3-4-6-11(9)14/h3-8,15H,14H2,1-2H3. The summed E-state index contributed by atoms with van der Waals surface area (Å²) >= 11 is 0. The molecule has 1 aromatic carbocycles. The van der Waals surface area contributed by atoms with E-state index in [0.29, 0.717) is 17.2 Å². The van der Waals surface area contributed by atoms with Crippen molar-refractivity contribution in [3.05, 3.63) is 42.2 Å². The van der Waals surface area contributed by atoms with Crippen molar-refractivity contribution < 1.29 is 0 Å². The maximum Gasteiger partial charge on any atom is 0.149 e. The molecule has 2 aromatic rings. The van der Waals surface area contributed by atoms with Crippen LogP contribution in [0.3, 0.4) is 0 Å². The number of hydrogen-bond donors (Lipinski definition) is 2. The van der Waals surface area contributed by atoms with E-state index in [0.717, 1.165) is 11.1 Å². The van der Waals surface area contributed by atoms with E-state index in [-0.39, 0.29) is 0 Å². The van der Waals surface area contributed by atoms with Crippen LogP contribution in [0.15, 0.2) is 36.5 Å². The van der Waals surface area contributed by atoms with Gasteiger partial charge in [0.2, 0.25) is 0 Å². The Bertz CT molecular complexity index is 577. The molecule has 18 heavy (non-hydrogen) atoms. The van der Waals surface area contributed by atoms with Gasteiger partial charge in [-0.3, -0.25) is 5.41 Å². The van der Waals surface area contributed by atoms with Crippen LogP contribution in [-0.4, -0.2) is 35.0 Å². The van der Waals surface area contributed by atoms with E-state index in [1.54, 1.807) is 25.2 Å². The Morgan fingerprint density at radius 1 is 1.17 bits per heavy atom. The van der Waals surface area contributed by atoms with Crippen LogP contribution in [0.25, 0.3) is 11.1 Å². The Morgan fingerprint density at radius 2 is 1.89 bits per heavy atom. The van der Waals surface area contributed by atoms with E-state index in [9.17, 15) is 0 Å². The minimum atomic E-state index is 0.307. The van der Waals surface area contributed by atoms with Crippen molar-refractivity contribution in [1.82, 2.24) is 15.1 Å². The van der Waals surface area contributed by atoms with E-state index >= 15 is 0 Å². The first-order valence-corrected chi connectivity index (χ1v) is 5.54. The summed E-state index contributed by atoms with van der Waals surface area (Å²) in [5.41, 5.74) is 8.85. The summed E-state index contributed by atoms with van der Waals surface area (Å²) in [7, 11) is 3.60. The summed E-state index contributed by atoms with van der Waals surface area (Å²) in [6.45, 7) is 0. The summed E-state index contributed by atoms with van der Waals surface area (Å²) in [5.74, 6) is 0.307. The lowest BCUT2D eigenvalue weighted by Crippen LogP contribution is -2.24. The van der Waals surface area contributed by atoms with Gasteiger partial charge >= 0.3 is 0 Å². The largest absolute Gasteiger partial charge is 0.398 e. The van der Waals surface area contributed by atoms with Gasteiger partial charge in [-0.15, -0.1) is 5.10 Å². The third kappa shape index (κ3) is 2.15. The molecule has 0 aliphatic carbocycles. The average Bonchev–Trinajstić information content (AvgIpc) is 2.38. The van der Waals surface area contributed by atoms with Crippen molar-refractivity contribution in [3.63, 3.8) is 0 Å². The maximum absolute atomic E-state index is 8.03. The Labute approximate surface area is 106 Å². The first kappa shape index (κ1) is 12.0. The average molecular weight is 241 g/mol. The van der Waals surface area contributed by atoms with Gasteiger partial charge in [0.1, 0.15) is 11.5 Å². The molecule has 5 nitrogen and oxygen atoms in total. The van der Waals surface area contributed by atoms with E-state index in [1.165, 1.54) is 0 Å². The van der Waals surface area contributed by atoms with Gasteiger partial charge in [-0.05, 0) is 12.1 Å². The second-order valence-electron chi connectivity index (χ2n) is 4.12. The number of nitrogen functional groups attached to an aromatic ring is 1. The molecule has 0 saturated carbocycles. The molecule has 92 valence electrons. The van der Waals surface area contributed by atoms with Gasteiger partial charge in [-0.25, -0.2) is 0 Å². The van der Waals surface area contributed by atoms with Crippen LogP contribution in [0.2, 0.25) is 0 Å². The van der Waals surface area contributed by atoms with Gasteiger partial charge < -0.3 is 10.6 Å². The Kier molecular flexibility index (Phi) is 3.23. The fourth-order valence-electron chi connectivity index (χ4n) is 1.68. The van der Waals surface area contributed by atoms with Crippen LogP contribution in [0.4, 0.5) is 5.69 Å². The SMILES string of the molecule is CN(C)C(=N)c1nnccc1-c1ccccc1N. The van der Waals surface area contributed by atoms with Crippen LogP contribution in [0.5, 0.6) is 0 Å². The third-order valence-corrected chi connectivity index (χ3v) is 2.64. The molecule has 0 amide bonds. The Balaban J connectivity index is 2.59. The normalized spacial score (nSPS) is 10.1. The fraction of sp³-hybridized carbons (Fsp3) is 0.154. The van der Waals surface area contributed by atoms with E-state index < -0.39 is 0 Å². The van der Waals surface area contributed by atoms with Gasteiger partial charge in [0.15, 0.2) is 0 Å². The van der Waals surface area contributed by atoms with E-state index in [4.69, 9.17) is 11.1 Å². The highest BCUT2D eigenvalue weighted by Gasteiger charge is 2.14. The molecule has 0 aliphatic heterocycles. The summed E-state index contributed by atoms with van der Waals surface area (Å²) in [5, 5.41) is 15.9. The lowest BCUT2D eigenvalue weighted by atomic mass is 10.0. The summed E-state index contributed by atoms with van der Waals surface area (Å²) in [6, 6.07) is 9.36. The van der Waals surface area contributed by atoms with E-state index in [1.807, 2.05) is 30.3 Å². The van der Waals surface area contributed by atoms with Crippen LogP contribution in [0.1, 0.15) is 5.69 Å². The van der Waals surface area contributed by atoms with Gasteiger partial charge in [-0.2, -0.15) is 5.10 Å². The topological polar surface area (TPSA) is 78.9 Å². The van der Waals surface area contributed by atoms with Crippen molar-refractivity contribution in [2.75, 3.05) is 19.8 Å². The molecule has 0 spiro atoms. The molecule has 0 atom stereocenters. The fourth-order valence-corrected chi connectivity index (χ4v) is 1.68. The molecule has 0 bridgehead atoms. The summed E-state index contributed by atoms with van der Waals surface area (Å²) < 4.78 is 0. The van der Waals surface area contributed by atoms with Gasteiger partial charge in [0.05, 0.1) is 6.20 Å². The Morgan fingerprint density at radius 3 is 2.56 bits per heavy atom. The lowest BCUT2D eigenvalue weighted by molar-refractivity contribution is 0.615. The molecule has 0 unspecified atom stereocenters. The zero-order valence-corrected chi connectivity index (χ0v) is 10.4. The van der Waals surface area contributed by atoms with Gasteiger partial charge in [0, 0.05) is 30.9 Å². The van der Waals surface area contributed by atoms with Crippen molar-refractivity contribution >= 4 is 11.5 Å². The van der Waals surface area contributed by atoms with Crippen LogP contribution in [0, 0.1) is 5.41 Å². The monoisotopic (exact) mass is 241 g/mol. The predicted octanol–water partition coefficient (Wildman–Crippen LogP) is 1.61. The van der Waals surface area contributed by atoms with Crippen molar-refractivity contribution in [2.24, 2.45) is 0 Å². The lowest BCUT2D eigenvalue weighted by Gasteiger charge is -2.16. The van der Waals surface area contributed by atoms with Gasteiger partial charge in [-0.1, -0.05) is 18.2 Å². The molecule has 1 heterocycles. The van der Waals surface area contributed by atoms with Crippen molar-refractivity contribution in [2.45, 2.75) is 0 Å². The molecule has 2 rings (SSSR count). The molecule has 5 heteroatoms. The number of benzene rings is 1. The van der Waals surface area contributed by atoms with Crippen LogP contribution < -0.4 is 5.73 Å².